The summed E-state index contributed by atoms with van der Waals surface area (Å²) < 4.78 is 5.48. The van der Waals surface area contributed by atoms with Gasteiger partial charge >= 0.3 is 5.97 Å². The minimum atomic E-state index is -1.11. The minimum absolute atomic E-state index is 0.0405. The van der Waals surface area contributed by atoms with Gasteiger partial charge in [0.05, 0.1) is 10.5 Å². The van der Waals surface area contributed by atoms with E-state index < -0.39 is 22.7 Å². The number of nitro benzene ring substituents is 1. The highest BCUT2D eigenvalue weighted by Crippen LogP contribution is 2.28. The van der Waals surface area contributed by atoms with E-state index in [1.165, 1.54) is 12.1 Å². The highest BCUT2D eigenvalue weighted by atomic mass is 35.5. The fourth-order valence-electron chi connectivity index (χ4n) is 2.95. The Labute approximate surface area is 160 Å². The number of nitro groups is 1. The van der Waals surface area contributed by atoms with Crippen LogP contribution in [0.25, 0.3) is 0 Å². The van der Waals surface area contributed by atoms with E-state index in [4.69, 9.17) is 16.3 Å². The Balaban J connectivity index is 1.87. The van der Waals surface area contributed by atoms with E-state index >= 15 is 0 Å². The summed E-state index contributed by atoms with van der Waals surface area (Å²) in [6.07, 6.45) is 0.710. The molecule has 140 valence electrons. The maximum Gasteiger partial charge on any atom is 0.339 e. The highest BCUT2D eigenvalue weighted by molar-refractivity contribution is 6.32. The lowest BCUT2D eigenvalue weighted by molar-refractivity contribution is -0.384. The van der Waals surface area contributed by atoms with Gasteiger partial charge in [0, 0.05) is 24.7 Å². The van der Waals surface area contributed by atoms with Crippen molar-refractivity contribution in [2.75, 3.05) is 13.1 Å². The fourth-order valence-corrected chi connectivity index (χ4v) is 3.13. The van der Waals surface area contributed by atoms with E-state index in [0.29, 0.717) is 18.7 Å². The van der Waals surface area contributed by atoms with Gasteiger partial charge in [-0.2, -0.15) is 0 Å². The van der Waals surface area contributed by atoms with Gasteiger partial charge in [0.2, 0.25) is 6.10 Å². The zero-order valence-electron chi connectivity index (χ0n) is 14.3. The Kier molecular flexibility index (Phi) is 5.71. The molecule has 3 rings (SSSR count). The topological polar surface area (TPSA) is 89.8 Å². The number of hydrogen-bond acceptors (Lipinski definition) is 5. The first-order valence-electron chi connectivity index (χ1n) is 8.46. The molecule has 0 unspecified atom stereocenters. The van der Waals surface area contributed by atoms with Crippen molar-refractivity contribution in [3.63, 3.8) is 0 Å². The third-order valence-corrected chi connectivity index (χ3v) is 4.67. The molecule has 0 aliphatic carbocycles. The molecule has 27 heavy (non-hydrogen) atoms. The molecule has 1 fully saturated rings. The molecule has 1 heterocycles. The van der Waals surface area contributed by atoms with Crippen LogP contribution in [0.4, 0.5) is 5.69 Å². The molecule has 0 aromatic heterocycles. The van der Waals surface area contributed by atoms with Gasteiger partial charge in [-0.25, -0.2) is 4.79 Å². The molecule has 1 amide bonds. The number of rotatable bonds is 5. The second-order valence-corrected chi connectivity index (χ2v) is 6.56. The molecule has 7 nitrogen and oxygen atoms in total. The van der Waals surface area contributed by atoms with Crippen LogP contribution in [0, 0.1) is 10.1 Å². The maximum absolute atomic E-state index is 12.9. The maximum atomic E-state index is 12.9. The fraction of sp³-hybridized carbons (Fsp3) is 0.263. The highest BCUT2D eigenvalue weighted by Gasteiger charge is 2.31. The van der Waals surface area contributed by atoms with Gasteiger partial charge in [-0.1, -0.05) is 41.9 Å². The van der Waals surface area contributed by atoms with Gasteiger partial charge in [0.1, 0.15) is 5.02 Å². The summed E-state index contributed by atoms with van der Waals surface area (Å²) in [5, 5.41) is 11.0. The summed E-state index contributed by atoms with van der Waals surface area (Å²) in [5.74, 6) is -1.12. The van der Waals surface area contributed by atoms with Crippen molar-refractivity contribution in [1.29, 1.82) is 0 Å². The molecule has 1 aliphatic heterocycles. The lowest BCUT2D eigenvalue weighted by atomic mass is 10.1. The number of ether oxygens (including phenoxy) is 1. The SMILES string of the molecule is O=C(O[C@@H](C(=O)N1CCCC1)c1ccccc1)c1ccc(Cl)c([N+](=O)[O-])c1. The predicted molar refractivity (Wildman–Crippen MR) is 98.5 cm³/mol. The number of likely N-dealkylation sites (tertiary alicyclic amines) is 1. The van der Waals surface area contributed by atoms with Crippen molar-refractivity contribution < 1.29 is 19.2 Å². The van der Waals surface area contributed by atoms with Gasteiger partial charge in [-0.3, -0.25) is 14.9 Å². The number of carbonyl (C=O) groups is 2. The van der Waals surface area contributed by atoms with Crippen molar-refractivity contribution in [1.82, 2.24) is 4.90 Å². The van der Waals surface area contributed by atoms with Crippen molar-refractivity contribution in [3.05, 3.63) is 74.8 Å². The molecule has 0 N–H and O–H groups in total. The molecular weight excluding hydrogens is 372 g/mol. The van der Waals surface area contributed by atoms with Crippen LogP contribution in [0.15, 0.2) is 48.5 Å². The molecule has 0 bridgehead atoms. The van der Waals surface area contributed by atoms with Crippen LogP contribution in [-0.2, 0) is 9.53 Å². The first kappa shape index (κ1) is 18.8. The summed E-state index contributed by atoms with van der Waals surface area (Å²) in [5.41, 5.74) is 0.112. The lowest BCUT2D eigenvalue weighted by Gasteiger charge is -2.23. The molecule has 2 aromatic carbocycles. The summed E-state index contributed by atoms with van der Waals surface area (Å²) in [6, 6.07) is 12.3. The third kappa shape index (κ3) is 4.25. The quantitative estimate of drug-likeness (QED) is 0.442. The smallest absolute Gasteiger partial charge is 0.339 e. The van der Waals surface area contributed by atoms with Crippen LogP contribution >= 0.6 is 11.6 Å². The summed E-state index contributed by atoms with van der Waals surface area (Å²) in [7, 11) is 0. The Morgan fingerprint density at radius 3 is 2.41 bits per heavy atom. The zero-order chi connectivity index (χ0) is 19.4. The standard InChI is InChI=1S/C19H17ClN2O5/c20-15-9-8-14(12-16(15)22(25)26)19(24)27-17(13-6-2-1-3-7-13)18(23)21-10-4-5-11-21/h1-3,6-9,12,17H,4-5,10-11H2/t17-/m1/s1. The van der Waals surface area contributed by atoms with Crippen molar-refractivity contribution in [3.8, 4) is 0 Å². The second kappa shape index (κ2) is 8.18. The molecule has 0 saturated carbocycles. The first-order valence-corrected chi connectivity index (χ1v) is 8.84. The number of hydrogen-bond donors (Lipinski definition) is 0. The van der Waals surface area contributed by atoms with Crippen LogP contribution in [-0.4, -0.2) is 34.8 Å². The van der Waals surface area contributed by atoms with Gasteiger partial charge < -0.3 is 9.64 Å². The Morgan fingerprint density at radius 1 is 1.11 bits per heavy atom. The Hall–Kier alpha value is -2.93. The largest absolute Gasteiger partial charge is 0.444 e. The molecule has 1 aliphatic rings. The van der Waals surface area contributed by atoms with Crippen LogP contribution < -0.4 is 0 Å². The number of carbonyl (C=O) groups excluding carboxylic acids is 2. The van der Waals surface area contributed by atoms with Crippen molar-refractivity contribution in [2.45, 2.75) is 18.9 Å². The number of amides is 1. The number of benzene rings is 2. The number of esters is 1. The van der Waals surface area contributed by atoms with E-state index in [9.17, 15) is 19.7 Å². The monoisotopic (exact) mass is 388 g/mol. The van der Waals surface area contributed by atoms with Crippen molar-refractivity contribution in [2.24, 2.45) is 0 Å². The molecular formula is C19H17ClN2O5. The molecule has 1 atom stereocenters. The third-order valence-electron chi connectivity index (χ3n) is 4.35. The molecule has 8 heteroatoms. The Morgan fingerprint density at radius 2 is 1.78 bits per heavy atom. The van der Waals surface area contributed by atoms with Crippen LogP contribution in [0.1, 0.15) is 34.9 Å². The number of nitrogens with zero attached hydrogens (tertiary/aromatic N) is 2. The van der Waals surface area contributed by atoms with E-state index in [0.717, 1.165) is 18.9 Å². The molecule has 2 aromatic rings. The van der Waals surface area contributed by atoms with Gasteiger partial charge in [0.25, 0.3) is 11.6 Å². The average molecular weight is 389 g/mol. The van der Waals surface area contributed by atoms with Gasteiger partial charge in [-0.05, 0) is 25.0 Å². The van der Waals surface area contributed by atoms with Crippen LogP contribution in [0.2, 0.25) is 5.02 Å². The molecule has 0 spiro atoms. The lowest BCUT2D eigenvalue weighted by Crippen LogP contribution is -2.34. The van der Waals surface area contributed by atoms with Gasteiger partial charge in [-0.15, -0.1) is 0 Å². The van der Waals surface area contributed by atoms with Crippen molar-refractivity contribution >= 4 is 29.2 Å². The average Bonchev–Trinajstić information content (AvgIpc) is 3.21. The molecule has 0 radical (unpaired) electrons. The Bertz CT molecular complexity index is 866. The summed E-state index contributed by atoms with van der Waals surface area (Å²) in [4.78, 5) is 37.5. The van der Waals surface area contributed by atoms with Crippen LogP contribution in [0.5, 0.6) is 0 Å². The predicted octanol–water partition coefficient (Wildman–Crippen LogP) is 3.77. The van der Waals surface area contributed by atoms with E-state index in [1.54, 1.807) is 35.2 Å². The normalized spacial score (nSPS) is 14.6. The van der Waals surface area contributed by atoms with E-state index in [-0.39, 0.29) is 16.5 Å². The second-order valence-electron chi connectivity index (χ2n) is 6.15. The van der Waals surface area contributed by atoms with Gasteiger partial charge in [0.15, 0.2) is 0 Å². The van der Waals surface area contributed by atoms with E-state index in [1.807, 2.05) is 0 Å². The summed E-state index contributed by atoms with van der Waals surface area (Å²) >= 11 is 5.78. The number of halogens is 1. The first-order chi connectivity index (χ1) is 13.0. The summed E-state index contributed by atoms with van der Waals surface area (Å²) in [6.45, 7) is 1.23. The minimum Gasteiger partial charge on any atom is -0.444 e. The zero-order valence-corrected chi connectivity index (χ0v) is 15.1. The van der Waals surface area contributed by atoms with E-state index in [2.05, 4.69) is 0 Å². The molecule has 1 saturated heterocycles. The van der Waals surface area contributed by atoms with Crippen LogP contribution in [0.3, 0.4) is 0 Å².